The fourth-order valence-corrected chi connectivity index (χ4v) is 4.30. The summed E-state index contributed by atoms with van der Waals surface area (Å²) < 4.78 is 49.5. The Bertz CT molecular complexity index is 660. The summed E-state index contributed by atoms with van der Waals surface area (Å²) in [7, 11) is -1.41. The number of hydrogen-bond donors (Lipinski definition) is 0. The summed E-state index contributed by atoms with van der Waals surface area (Å²) in [5.41, 5.74) is -0.184. The van der Waals surface area contributed by atoms with Crippen molar-refractivity contribution in [3.63, 3.8) is 0 Å². The Balaban J connectivity index is 2.15. The molecule has 2 atom stereocenters. The summed E-state index contributed by atoms with van der Waals surface area (Å²) >= 11 is 0. The highest BCUT2D eigenvalue weighted by Gasteiger charge is 2.34. The van der Waals surface area contributed by atoms with Crippen LogP contribution >= 0.6 is 0 Å². The number of ketones is 1. The van der Waals surface area contributed by atoms with E-state index in [0.29, 0.717) is 12.5 Å². The molecule has 2 unspecified atom stereocenters. The first-order valence-corrected chi connectivity index (χ1v) is 8.45. The molecule has 116 valence electrons. The van der Waals surface area contributed by atoms with Crippen LogP contribution in [0.2, 0.25) is 0 Å². The first kappa shape index (κ1) is 16.0. The standard InChI is InChI=1S/C14H17F2NO3S/c1-9(17(2)11-5-6-21(19,20)8-11)14(18)12-4-3-10(15)7-13(12)16/h3-4,7,9,11H,5-6,8H2,1-2H3. The van der Waals surface area contributed by atoms with E-state index in [9.17, 15) is 22.0 Å². The number of halogens is 2. The molecule has 1 aliphatic heterocycles. The molecule has 2 rings (SSSR count). The van der Waals surface area contributed by atoms with Crippen LogP contribution in [0.3, 0.4) is 0 Å². The maximum absolute atomic E-state index is 13.6. The SMILES string of the molecule is CC(C(=O)c1ccc(F)cc1F)N(C)C1CCS(=O)(=O)C1. The Labute approximate surface area is 122 Å². The molecule has 0 amide bonds. The lowest BCUT2D eigenvalue weighted by molar-refractivity contribution is 0.0826. The summed E-state index contributed by atoms with van der Waals surface area (Å²) in [5, 5.41) is 0. The van der Waals surface area contributed by atoms with E-state index in [1.807, 2.05) is 0 Å². The summed E-state index contributed by atoms with van der Waals surface area (Å²) in [5.74, 6) is -2.02. The van der Waals surface area contributed by atoms with Gasteiger partial charge in [0.15, 0.2) is 15.6 Å². The van der Waals surface area contributed by atoms with E-state index in [1.165, 1.54) is 0 Å². The molecule has 0 N–H and O–H groups in total. The van der Waals surface area contributed by atoms with Crippen molar-refractivity contribution in [3.8, 4) is 0 Å². The van der Waals surface area contributed by atoms with Gasteiger partial charge in [-0.05, 0) is 32.5 Å². The molecule has 1 aliphatic rings. The zero-order valence-corrected chi connectivity index (χ0v) is 12.7. The van der Waals surface area contributed by atoms with Gasteiger partial charge in [-0.2, -0.15) is 0 Å². The van der Waals surface area contributed by atoms with E-state index in [-0.39, 0.29) is 23.1 Å². The van der Waals surface area contributed by atoms with Crippen LogP contribution in [0.25, 0.3) is 0 Å². The van der Waals surface area contributed by atoms with Gasteiger partial charge in [-0.15, -0.1) is 0 Å². The van der Waals surface area contributed by atoms with Gasteiger partial charge in [-0.25, -0.2) is 17.2 Å². The van der Waals surface area contributed by atoms with Crippen molar-refractivity contribution < 1.29 is 22.0 Å². The fraction of sp³-hybridized carbons (Fsp3) is 0.500. The highest BCUT2D eigenvalue weighted by molar-refractivity contribution is 7.91. The lowest BCUT2D eigenvalue weighted by atomic mass is 10.0. The lowest BCUT2D eigenvalue weighted by Gasteiger charge is -2.28. The molecule has 1 fully saturated rings. The summed E-state index contributed by atoms with van der Waals surface area (Å²) in [6.07, 6.45) is 0.461. The third-order valence-electron chi connectivity index (χ3n) is 3.97. The normalized spacial score (nSPS) is 22.4. The molecule has 0 aliphatic carbocycles. The number of carbonyl (C=O) groups excluding carboxylic acids is 1. The van der Waals surface area contributed by atoms with Gasteiger partial charge in [0.2, 0.25) is 0 Å². The molecule has 1 saturated heterocycles. The van der Waals surface area contributed by atoms with Gasteiger partial charge in [0, 0.05) is 12.1 Å². The maximum atomic E-state index is 13.6. The van der Waals surface area contributed by atoms with Crippen LogP contribution in [0.5, 0.6) is 0 Å². The smallest absolute Gasteiger partial charge is 0.182 e. The third-order valence-corrected chi connectivity index (χ3v) is 5.72. The zero-order valence-electron chi connectivity index (χ0n) is 11.8. The Hall–Kier alpha value is -1.34. The minimum absolute atomic E-state index is 0.00696. The number of Topliss-reactive ketones (excluding diaryl/α,β-unsaturated/α-hetero) is 1. The van der Waals surface area contributed by atoms with Gasteiger partial charge in [0.05, 0.1) is 23.1 Å². The van der Waals surface area contributed by atoms with Gasteiger partial charge in [0.1, 0.15) is 11.6 Å². The Kier molecular flexibility index (Phi) is 4.43. The van der Waals surface area contributed by atoms with Gasteiger partial charge in [0.25, 0.3) is 0 Å². The second-order valence-electron chi connectivity index (χ2n) is 5.39. The molecule has 0 aromatic heterocycles. The Morgan fingerprint density at radius 2 is 2.05 bits per heavy atom. The number of benzene rings is 1. The second-order valence-corrected chi connectivity index (χ2v) is 7.62. The average molecular weight is 317 g/mol. The fourth-order valence-electron chi connectivity index (χ4n) is 2.51. The molecular weight excluding hydrogens is 300 g/mol. The molecule has 0 radical (unpaired) electrons. The minimum Gasteiger partial charge on any atom is -0.293 e. The van der Waals surface area contributed by atoms with E-state index in [1.54, 1.807) is 18.9 Å². The highest BCUT2D eigenvalue weighted by Crippen LogP contribution is 2.21. The van der Waals surface area contributed by atoms with E-state index < -0.39 is 33.3 Å². The molecule has 0 spiro atoms. The predicted molar refractivity (Wildman–Crippen MR) is 75.0 cm³/mol. The van der Waals surface area contributed by atoms with Crippen molar-refractivity contribution in [3.05, 3.63) is 35.4 Å². The molecule has 21 heavy (non-hydrogen) atoms. The van der Waals surface area contributed by atoms with Crippen LogP contribution in [0, 0.1) is 11.6 Å². The zero-order chi connectivity index (χ0) is 15.8. The van der Waals surface area contributed by atoms with Crippen molar-refractivity contribution in [2.24, 2.45) is 0 Å². The van der Waals surface area contributed by atoms with Crippen molar-refractivity contribution in [2.45, 2.75) is 25.4 Å². The van der Waals surface area contributed by atoms with Crippen LogP contribution in [0.4, 0.5) is 8.78 Å². The van der Waals surface area contributed by atoms with E-state index in [2.05, 4.69) is 0 Å². The minimum atomic E-state index is -3.05. The molecule has 0 bridgehead atoms. The number of likely N-dealkylation sites (N-methyl/N-ethyl adjacent to an activating group) is 1. The largest absolute Gasteiger partial charge is 0.293 e. The van der Waals surface area contributed by atoms with Crippen molar-refractivity contribution in [1.29, 1.82) is 0 Å². The molecule has 4 nitrogen and oxygen atoms in total. The average Bonchev–Trinajstić information content (AvgIpc) is 2.76. The number of hydrogen-bond acceptors (Lipinski definition) is 4. The number of sulfone groups is 1. The molecule has 1 heterocycles. The Morgan fingerprint density at radius 3 is 2.57 bits per heavy atom. The van der Waals surface area contributed by atoms with Crippen LogP contribution in [0.15, 0.2) is 18.2 Å². The second kappa shape index (κ2) is 5.81. The lowest BCUT2D eigenvalue weighted by Crippen LogP contribution is -2.43. The van der Waals surface area contributed by atoms with Crippen LogP contribution in [-0.4, -0.2) is 49.7 Å². The molecule has 1 aromatic rings. The number of nitrogens with zero attached hydrogens (tertiary/aromatic N) is 1. The summed E-state index contributed by atoms with van der Waals surface area (Å²) in [4.78, 5) is 13.9. The maximum Gasteiger partial charge on any atom is 0.182 e. The van der Waals surface area contributed by atoms with E-state index in [0.717, 1.165) is 12.1 Å². The monoisotopic (exact) mass is 317 g/mol. The summed E-state index contributed by atoms with van der Waals surface area (Å²) in [6.45, 7) is 1.59. The van der Waals surface area contributed by atoms with Crippen LogP contribution < -0.4 is 0 Å². The Morgan fingerprint density at radius 1 is 1.38 bits per heavy atom. The van der Waals surface area contributed by atoms with Crippen molar-refractivity contribution in [1.82, 2.24) is 4.90 Å². The molecular formula is C14H17F2NO3S. The number of rotatable bonds is 4. The van der Waals surface area contributed by atoms with Crippen molar-refractivity contribution in [2.75, 3.05) is 18.6 Å². The number of carbonyl (C=O) groups is 1. The predicted octanol–water partition coefficient (Wildman–Crippen LogP) is 1.65. The van der Waals surface area contributed by atoms with Gasteiger partial charge in [-0.1, -0.05) is 0 Å². The first-order valence-electron chi connectivity index (χ1n) is 6.63. The summed E-state index contributed by atoms with van der Waals surface area (Å²) in [6, 6.07) is 1.88. The topological polar surface area (TPSA) is 54.5 Å². The van der Waals surface area contributed by atoms with E-state index >= 15 is 0 Å². The van der Waals surface area contributed by atoms with Gasteiger partial charge >= 0.3 is 0 Å². The van der Waals surface area contributed by atoms with Crippen LogP contribution in [0.1, 0.15) is 23.7 Å². The molecule has 7 heteroatoms. The molecule has 0 saturated carbocycles. The van der Waals surface area contributed by atoms with Gasteiger partial charge < -0.3 is 0 Å². The highest BCUT2D eigenvalue weighted by atomic mass is 32.2. The van der Waals surface area contributed by atoms with Crippen molar-refractivity contribution >= 4 is 15.6 Å². The van der Waals surface area contributed by atoms with Gasteiger partial charge in [-0.3, -0.25) is 9.69 Å². The molecule has 1 aromatic carbocycles. The quantitative estimate of drug-likeness (QED) is 0.793. The van der Waals surface area contributed by atoms with Crippen LogP contribution in [-0.2, 0) is 9.84 Å². The van der Waals surface area contributed by atoms with E-state index in [4.69, 9.17) is 0 Å². The first-order chi connectivity index (χ1) is 9.71. The third kappa shape index (κ3) is 3.47.